The van der Waals surface area contributed by atoms with E-state index in [-0.39, 0.29) is 28.4 Å². The molecule has 1 saturated carbocycles. The van der Waals surface area contributed by atoms with Crippen molar-refractivity contribution >= 4 is 40.7 Å². The number of thiophene rings is 1. The summed E-state index contributed by atoms with van der Waals surface area (Å²) in [5.41, 5.74) is 8.76. The van der Waals surface area contributed by atoms with E-state index in [1.54, 1.807) is 48.7 Å². The molecule has 0 atom stereocenters. The number of aromatic nitrogens is 1. The number of hydrogen-bond acceptors (Lipinski definition) is 9. The van der Waals surface area contributed by atoms with Gasteiger partial charge in [0, 0.05) is 52.8 Å². The van der Waals surface area contributed by atoms with E-state index in [4.69, 9.17) is 15.2 Å². The monoisotopic (exact) mass is 667 g/mol. The van der Waals surface area contributed by atoms with Gasteiger partial charge in [-0.15, -0.1) is 11.3 Å². The summed E-state index contributed by atoms with van der Waals surface area (Å²) in [5.74, 6) is -1.52. The van der Waals surface area contributed by atoms with Crippen molar-refractivity contribution in [1.29, 1.82) is 0 Å². The molecule has 12 heteroatoms. The summed E-state index contributed by atoms with van der Waals surface area (Å²) < 4.78 is 11.3. The number of methoxy groups -OCH3 is 1. The van der Waals surface area contributed by atoms with Crippen molar-refractivity contribution in [2.45, 2.75) is 50.6 Å². The van der Waals surface area contributed by atoms with Gasteiger partial charge in [-0.25, -0.2) is 9.78 Å². The lowest BCUT2D eigenvalue weighted by Crippen LogP contribution is -2.59. The van der Waals surface area contributed by atoms with E-state index in [0.29, 0.717) is 49.4 Å². The van der Waals surface area contributed by atoms with Crippen LogP contribution in [0, 0.1) is 0 Å². The van der Waals surface area contributed by atoms with Crippen molar-refractivity contribution < 1.29 is 28.7 Å². The molecule has 2 aliphatic rings. The predicted octanol–water partition coefficient (Wildman–Crippen LogP) is 5.09. The first-order valence-electron chi connectivity index (χ1n) is 15.9. The highest BCUT2D eigenvalue weighted by molar-refractivity contribution is 7.13. The van der Waals surface area contributed by atoms with Crippen LogP contribution in [0.3, 0.4) is 0 Å². The van der Waals surface area contributed by atoms with E-state index in [0.717, 1.165) is 40.8 Å². The SMILES string of the molecule is CNC(=O)C1(NC(=O)c2ccc(-c3cc4c(cc3C(=O)Nc3ccc(CN)cc3)-c3sccc3CCO4)c(C(=O)OC)n2)CCCCC1. The van der Waals surface area contributed by atoms with E-state index < -0.39 is 23.3 Å². The van der Waals surface area contributed by atoms with Gasteiger partial charge in [-0.05, 0) is 71.8 Å². The summed E-state index contributed by atoms with van der Waals surface area (Å²) in [4.78, 5) is 59.3. The lowest BCUT2D eigenvalue weighted by atomic mass is 9.80. The number of carbonyl (C=O) groups is 4. The largest absolute Gasteiger partial charge is 0.493 e. The van der Waals surface area contributed by atoms with Gasteiger partial charge >= 0.3 is 5.97 Å². The van der Waals surface area contributed by atoms with Crippen molar-refractivity contribution in [2.75, 3.05) is 26.1 Å². The molecule has 3 heterocycles. The number of likely N-dealkylation sites (N-methyl/N-ethyl adjacent to an activating group) is 1. The Morgan fingerprint density at radius 3 is 2.44 bits per heavy atom. The maximum atomic E-state index is 14.0. The molecule has 0 radical (unpaired) electrons. The van der Waals surface area contributed by atoms with Gasteiger partial charge in [0.05, 0.1) is 13.7 Å². The van der Waals surface area contributed by atoms with E-state index >= 15 is 0 Å². The Balaban J connectivity index is 1.45. The van der Waals surface area contributed by atoms with Crippen LogP contribution < -0.4 is 26.4 Å². The Kier molecular flexibility index (Phi) is 9.56. The minimum atomic E-state index is -1.07. The number of fused-ring (bicyclic) bond motifs is 3. The maximum absolute atomic E-state index is 14.0. The van der Waals surface area contributed by atoms with Crippen LogP contribution in [0.1, 0.15) is 74.6 Å². The number of rotatable bonds is 8. The topological polar surface area (TPSA) is 162 Å². The fourth-order valence-electron chi connectivity index (χ4n) is 6.39. The minimum Gasteiger partial charge on any atom is -0.493 e. The first kappa shape index (κ1) is 32.9. The number of esters is 1. The molecule has 0 saturated heterocycles. The molecule has 3 amide bonds. The Hall–Kier alpha value is -5.07. The number of nitrogens with zero attached hydrogens (tertiary/aromatic N) is 1. The fraction of sp³-hybridized carbons (Fsp3) is 0.306. The number of pyridine rings is 1. The van der Waals surface area contributed by atoms with Gasteiger partial charge in [-0.1, -0.05) is 31.4 Å². The van der Waals surface area contributed by atoms with Crippen LogP contribution in [-0.4, -0.2) is 55.0 Å². The van der Waals surface area contributed by atoms with E-state index in [1.807, 2.05) is 17.5 Å². The lowest BCUT2D eigenvalue weighted by molar-refractivity contribution is -0.128. The van der Waals surface area contributed by atoms with Crippen LogP contribution in [0.15, 0.2) is 60.0 Å². The second-order valence-corrected chi connectivity index (χ2v) is 12.8. The molecule has 2 aromatic carbocycles. The number of amides is 3. The average molecular weight is 668 g/mol. The quantitative estimate of drug-likeness (QED) is 0.189. The standard InChI is InChI=1S/C36H37N5O6S/c1-38-35(45)36(14-4-3-5-15-36)41-33(43)28-11-10-24(30(40-28)34(44)46-2)25-19-29-27(31-22(12-16-47-29)13-17-48-31)18-26(25)32(42)39-23-8-6-21(20-37)7-9-23/h6-11,13,17-19H,3-5,12,14-16,20,37H2,1-2H3,(H,38,45)(H,39,42)(H,41,43). The molecule has 1 aliphatic carbocycles. The molecule has 4 aromatic rings. The number of carbonyl (C=O) groups excluding carboxylic acids is 4. The zero-order valence-corrected chi connectivity index (χ0v) is 27.6. The van der Waals surface area contributed by atoms with E-state index in [1.165, 1.54) is 13.2 Å². The highest BCUT2D eigenvalue weighted by atomic mass is 32.1. The number of nitrogens with one attached hydrogen (secondary N) is 3. The van der Waals surface area contributed by atoms with Gasteiger partial charge in [-0.3, -0.25) is 14.4 Å². The maximum Gasteiger partial charge on any atom is 0.357 e. The second-order valence-electron chi connectivity index (χ2n) is 11.9. The summed E-state index contributed by atoms with van der Waals surface area (Å²) in [6.07, 6.45) is 4.25. The van der Waals surface area contributed by atoms with E-state index in [2.05, 4.69) is 27.0 Å². The molecule has 1 fully saturated rings. The molecule has 248 valence electrons. The van der Waals surface area contributed by atoms with Gasteiger partial charge in [0.2, 0.25) is 5.91 Å². The van der Waals surface area contributed by atoms with Crippen molar-refractivity contribution in [3.63, 3.8) is 0 Å². The van der Waals surface area contributed by atoms with E-state index in [9.17, 15) is 19.2 Å². The normalized spacial score (nSPS) is 14.7. The number of hydrogen-bond donors (Lipinski definition) is 4. The number of nitrogens with two attached hydrogens (primary N) is 1. The van der Waals surface area contributed by atoms with Gasteiger partial charge in [0.15, 0.2) is 5.69 Å². The zero-order chi connectivity index (χ0) is 33.8. The molecule has 0 spiro atoms. The molecule has 6 rings (SSSR count). The van der Waals surface area contributed by atoms with Crippen LogP contribution in [0.4, 0.5) is 5.69 Å². The third-order valence-electron chi connectivity index (χ3n) is 8.95. The van der Waals surface area contributed by atoms with Crippen LogP contribution in [0.2, 0.25) is 0 Å². The molecular weight excluding hydrogens is 630 g/mol. The summed E-state index contributed by atoms with van der Waals surface area (Å²) >= 11 is 1.56. The predicted molar refractivity (Wildman–Crippen MR) is 183 cm³/mol. The average Bonchev–Trinajstić information content (AvgIpc) is 3.52. The molecule has 48 heavy (non-hydrogen) atoms. The fourth-order valence-corrected chi connectivity index (χ4v) is 7.37. The first-order valence-corrected chi connectivity index (χ1v) is 16.8. The highest BCUT2D eigenvalue weighted by Gasteiger charge is 2.41. The van der Waals surface area contributed by atoms with Crippen molar-refractivity contribution in [2.24, 2.45) is 5.73 Å². The zero-order valence-electron chi connectivity index (χ0n) is 26.8. The van der Waals surface area contributed by atoms with Crippen LogP contribution in [0.25, 0.3) is 21.6 Å². The van der Waals surface area contributed by atoms with Crippen LogP contribution in [-0.2, 0) is 22.5 Å². The number of anilines is 1. The van der Waals surface area contributed by atoms with Crippen molar-refractivity contribution in [3.8, 4) is 27.3 Å². The van der Waals surface area contributed by atoms with Crippen molar-refractivity contribution in [1.82, 2.24) is 15.6 Å². The molecule has 1 aliphatic heterocycles. The molecule has 5 N–H and O–H groups in total. The van der Waals surface area contributed by atoms with Gasteiger partial charge < -0.3 is 31.2 Å². The molecule has 0 unspecified atom stereocenters. The first-order chi connectivity index (χ1) is 23.3. The number of benzene rings is 2. The Labute approximate surface area is 282 Å². The third-order valence-corrected chi connectivity index (χ3v) is 9.94. The highest BCUT2D eigenvalue weighted by Crippen LogP contribution is 2.43. The smallest absolute Gasteiger partial charge is 0.357 e. The Bertz CT molecular complexity index is 1880. The van der Waals surface area contributed by atoms with Crippen LogP contribution in [0.5, 0.6) is 5.75 Å². The third kappa shape index (κ3) is 6.41. The molecule has 11 nitrogen and oxygen atoms in total. The molecular formula is C36H37N5O6S. The molecule has 0 bridgehead atoms. The Morgan fingerprint density at radius 1 is 0.958 bits per heavy atom. The Morgan fingerprint density at radius 2 is 1.73 bits per heavy atom. The summed E-state index contributed by atoms with van der Waals surface area (Å²) in [7, 11) is 2.76. The minimum absolute atomic E-state index is 0.0618. The van der Waals surface area contributed by atoms with Crippen LogP contribution >= 0.6 is 11.3 Å². The van der Waals surface area contributed by atoms with Gasteiger partial charge in [0.1, 0.15) is 17.0 Å². The number of ether oxygens (including phenoxy) is 2. The van der Waals surface area contributed by atoms with Gasteiger partial charge in [0.25, 0.3) is 11.8 Å². The van der Waals surface area contributed by atoms with Crippen molar-refractivity contribution in [3.05, 3.63) is 88.1 Å². The second kappa shape index (κ2) is 14.0. The summed E-state index contributed by atoms with van der Waals surface area (Å²) in [6.45, 7) is 0.806. The summed E-state index contributed by atoms with van der Waals surface area (Å²) in [5, 5.41) is 10.6. The summed E-state index contributed by atoms with van der Waals surface area (Å²) in [6, 6.07) is 15.8. The molecule has 2 aromatic heterocycles. The lowest BCUT2D eigenvalue weighted by Gasteiger charge is -2.36. The van der Waals surface area contributed by atoms with Gasteiger partial charge in [-0.2, -0.15) is 0 Å².